The van der Waals surface area contributed by atoms with Gasteiger partial charge in [-0.15, -0.1) is 0 Å². The zero-order chi connectivity index (χ0) is 11.4. The van der Waals surface area contributed by atoms with Crippen LogP contribution in [0.1, 0.15) is 58.3 Å². The van der Waals surface area contributed by atoms with Gasteiger partial charge >= 0.3 is 0 Å². The SMILES string of the molecule is CC(=CCCN)CC1CCC2(CCCC2)O1. The van der Waals surface area contributed by atoms with Crippen molar-refractivity contribution in [2.45, 2.75) is 70.0 Å². The third-order valence-corrected chi connectivity index (χ3v) is 4.06. The van der Waals surface area contributed by atoms with E-state index in [0.29, 0.717) is 11.7 Å². The van der Waals surface area contributed by atoms with Crippen molar-refractivity contribution in [3.8, 4) is 0 Å². The smallest absolute Gasteiger partial charge is 0.0687 e. The minimum atomic E-state index is 0.290. The van der Waals surface area contributed by atoms with Crippen molar-refractivity contribution in [2.75, 3.05) is 6.54 Å². The van der Waals surface area contributed by atoms with Gasteiger partial charge in [0.15, 0.2) is 0 Å². The highest BCUT2D eigenvalue weighted by atomic mass is 16.5. The molecule has 0 radical (unpaired) electrons. The van der Waals surface area contributed by atoms with Crippen LogP contribution in [-0.4, -0.2) is 18.2 Å². The number of hydrogen-bond acceptors (Lipinski definition) is 2. The van der Waals surface area contributed by atoms with Gasteiger partial charge in [0, 0.05) is 0 Å². The van der Waals surface area contributed by atoms with Crippen molar-refractivity contribution >= 4 is 0 Å². The first-order chi connectivity index (χ1) is 7.74. The minimum absolute atomic E-state index is 0.290. The van der Waals surface area contributed by atoms with Crippen molar-refractivity contribution < 1.29 is 4.74 Å². The molecular formula is C14H25NO. The van der Waals surface area contributed by atoms with E-state index in [0.717, 1.165) is 19.4 Å². The van der Waals surface area contributed by atoms with E-state index in [1.807, 2.05) is 0 Å². The molecule has 1 aliphatic heterocycles. The minimum Gasteiger partial charge on any atom is -0.371 e. The molecule has 16 heavy (non-hydrogen) atoms. The summed E-state index contributed by atoms with van der Waals surface area (Å²) < 4.78 is 6.29. The van der Waals surface area contributed by atoms with E-state index in [2.05, 4.69) is 13.0 Å². The molecule has 1 spiro atoms. The van der Waals surface area contributed by atoms with Crippen molar-refractivity contribution in [1.82, 2.24) is 0 Å². The Morgan fingerprint density at radius 2 is 2.12 bits per heavy atom. The molecule has 2 fully saturated rings. The van der Waals surface area contributed by atoms with E-state index in [-0.39, 0.29) is 0 Å². The molecule has 2 nitrogen and oxygen atoms in total. The summed E-state index contributed by atoms with van der Waals surface area (Å²) in [6, 6.07) is 0. The molecule has 1 atom stereocenters. The number of ether oxygens (including phenoxy) is 1. The van der Waals surface area contributed by atoms with Gasteiger partial charge in [0.1, 0.15) is 0 Å². The average Bonchev–Trinajstić information content (AvgIpc) is 2.87. The molecule has 0 aromatic carbocycles. The van der Waals surface area contributed by atoms with Crippen LogP contribution in [0.3, 0.4) is 0 Å². The lowest BCUT2D eigenvalue weighted by molar-refractivity contribution is -0.0354. The maximum absolute atomic E-state index is 6.29. The Labute approximate surface area is 99.2 Å². The number of hydrogen-bond donors (Lipinski definition) is 1. The lowest BCUT2D eigenvalue weighted by Gasteiger charge is -2.23. The molecule has 2 rings (SSSR count). The third kappa shape index (κ3) is 2.86. The predicted octanol–water partition coefficient (Wildman–Crippen LogP) is 3.16. The summed E-state index contributed by atoms with van der Waals surface area (Å²) in [6.45, 7) is 2.96. The van der Waals surface area contributed by atoms with Crippen LogP contribution in [-0.2, 0) is 4.74 Å². The van der Waals surface area contributed by atoms with Crippen LogP contribution in [0.25, 0.3) is 0 Å². The van der Waals surface area contributed by atoms with Crippen molar-refractivity contribution in [2.24, 2.45) is 5.73 Å². The van der Waals surface area contributed by atoms with Crippen LogP contribution in [0.2, 0.25) is 0 Å². The average molecular weight is 223 g/mol. The normalized spacial score (nSPS) is 29.1. The molecule has 0 bridgehead atoms. The quantitative estimate of drug-likeness (QED) is 0.743. The van der Waals surface area contributed by atoms with E-state index in [1.165, 1.54) is 44.1 Å². The maximum Gasteiger partial charge on any atom is 0.0687 e. The van der Waals surface area contributed by atoms with Gasteiger partial charge in [-0.05, 0) is 52.0 Å². The number of nitrogens with two attached hydrogens (primary N) is 1. The molecule has 2 N–H and O–H groups in total. The maximum atomic E-state index is 6.29. The molecule has 2 aliphatic rings. The van der Waals surface area contributed by atoms with Gasteiger partial charge in [0.25, 0.3) is 0 Å². The third-order valence-electron chi connectivity index (χ3n) is 4.06. The Morgan fingerprint density at radius 1 is 1.38 bits per heavy atom. The van der Waals surface area contributed by atoms with Crippen LogP contribution < -0.4 is 5.73 Å². The second-order valence-electron chi connectivity index (χ2n) is 5.50. The van der Waals surface area contributed by atoms with Crippen LogP contribution >= 0.6 is 0 Å². The number of rotatable bonds is 4. The van der Waals surface area contributed by atoms with Crippen LogP contribution in [0.4, 0.5) is 0 Å². The lowest BCUT2D eigenvalue weighted by Crippen LogP contribution is -2.24. The summed E-state index contributed by atoms with van der Waals surface area (Å²) in [6.07, 6.45) is 12.8. The Kier molecular flexibility index (Phi) is 4.04. The monoisotopic (exact) mass is 223 g/mol. The highest BCUT2D eigenvalue weighted by molar-refractivity contribution is 5.03. The van der Waals surface area contributed by atoms with Gasteiger partial charge < -0.3 is 10.5 Å². The largest absolute Gasteiger partial charge is 0.371 e. The second kappa shape index (κ2) is 5.33. The molecule has 1 unspecified atom stereocenters. The Bertz CT molecular complexity index is 253. The molecular weight excluding hydrogens is 198 g/mol. The highest BCUT2D eigenvalue weighted by Crippen LogP contribution is 2.44. The van der Waals surface area contributed by atoms with Gasteiger partial charge in [0.2, 0.25) is 0 Å². The van der Waals surface area contributed by atoms with Crippen molar-refractivity contribution in [1.29, 1.82) is 0 Å². The fraction of sp³-hybridized carbons (Fsp3) is 0.857. The Hall–Kier alpha value is -0.340. The van der Waals surface area contributed by atoms with Gasteiger partial charge in [-0.1, -0.05) is 24.5 Å². The summed E-state index contributed by atoms with van der Waals surface area (Å²) in [5, 5.41) is 0. The van der Waals surface area contributed by atoms with E-state index < -0.39 is 0 Å². The topological polar surface area (TPSA) is 35.2 Å². The lowest BCUT2D eigenvalue weighted by atomic mass is 9.97. The molecule has 1 aliphatic carbocycles. The predicted molar refractivity (Wildman–Crippen MR) is 67.4 cm³/mol. The van der Waals surface area contributed by atoms with E-state index in [9.17, 15) is 0 Å². The molecule has 92 valence electrons. The Balaban J connectivity index is 1.80. The van der Waals surface area contributed by atoms with E-state index in [4.69, 9.17) is 10.5 Å². The summed E-state index contributed by atoms with van der Waals surface area (Å²) >= 11 is 0. The summed E-state index contributed by atoms with van der Waals surface area (Å²) in [4.78, 5) is 0. The Morgan fingerprint density at radius 3 is 2.81 bits per heavy atom. The summed E-state index contributed by atoms with van der Waals surface area (Å²) in [7, 11) is 0. The first kappa shape index (κ1) is 12.1. The summed E-state index contributed by atoms with van der Waals surface area (Å²) in [5.41, 5.74) is 7.24. The first-order valence-corrected chi connectivity index (χ1v) is 6.78. The zero-order valence-electron chi connectivity index (χ0n) is 10.5. The highest BCUT2D eigenvalue weighted by Gasteiger charge is 2.41. The molecule has 2 heteroatoms. The van der Waals surface area contributed by atoms with Crippen LogP contribution in [0, 0.1) is 0 Å². The van der Waals surface area contributed by atoms with Gasteiger partial charge in [0.05, 0.1) is 11.7 Å². The molecule has 1 heterocycles. The van der Waals surface area contributed by atoms with E-state index >= 15 is 0 Å². The fourth-order valence-corrected chi connectivity index (χ4v) is 3.20. The zero-order valence-corrected chi connectivity index (χ0v) is 10.5. The molecule has 1 saturated carbocycles. The fourth-order valence-electron chi connectivity index (χ4n) is 3.20. The van der Waals surface area contributed by atoms with Crippen molar-refractivity contribution in [3.63, 3.8) is 0 Å². The van der Waals surface area contributed by atoms with Gasteiger partial charge in [-0.25, -0.2) is 0 Å². The molecule has 0 aromatic heterocycles. The molecule has 0 aromatic rings. The van der Waals surface area contributed by atoms with Gasteiger partial charge in [-0.2, -0.15) is 0 Å². The molecule has 1 saturated heterocycles. The standard InChI is InChI=1S/C14H25NO/c1-12(5-4-10-15)11-13-6-9-14(16-13)7-2-3-8-14/h5,13H,2-4,6-11,15H2,1H3. The van der Waals surface area contributed by atoms with Crippen LogP contribution in [0.5, 0.6) is 0 Å². The summed E-state index contributed by atoms with van der Waals surface area (Å²) in [5.74, 6) is 0. The van der Waals surface area contributed by atoms with Gasteiger partial charge in [-0.3, -0.25) is 0 Å². The first-order valence-electron chi connectivity index (χ1n) is 6.78. The van der Waals surface area contributed by atoms with Crippen molar-refractivity contribution in [3.05, 3.63) is 11.6 Å². The second-order valence-corrected chi connectivity index (χ2v) is 5.50. The molecule has 0 amide bonds. The van der Waals surface area contributed by atoms with Crippen LogP contribution in [0.15, 0.2) is 11.6 Å². The van der Waals surface area contributed by atoms with E-state index in [1.54, 1.807) is 0 Å².